The molecule has 0 amide bonds. The van der Waals surface area contributed by atoms with Crippen LogP contribution in [0, 0.1) is 5.92 Å². The average molecular weight is 316 g/mol. The van der Waals surface area contributed by atoms with Crippen molar-refractivity contribution >= 4 is 29.2 Å². The van der Waals surface area contributed by atoms with Gasteiger partial charge in [0.1, 0.15) is 0 Å². The Morgan fingerprint density at radius 3 is 2.20 bits per heavy atom. The minimum Gasteiger partial charge on any atom is -0.481 e. The first-order valence-electron chi connectivity index (χ1n) is 6.62. The Morgan fingerprint density at radius 1 is 1.20 bits per heavy atom. The van der Waals surface area contributed by atoms with Crippen molar-refractivity contribution in [1.82, 2.24) is 4.90 Å². The quantitative estimate of drug-likeness (QED) is 0.900. The number of rotatable bonds is 2. The van der Waals surface area contributed by atoms with Crippen LogP contribution in [0.3, 0.4) is 0 Å². The monoisotopic (exact) mass is 315 g/mol. The number of hydrogen-bond donors (Lipinski definition) is 1. The van der Waals surface area contributed by atoms with Gasteiger partial charge in [-0.15, -0.1) is 0 Å². The van der Waals surface area contributed by atoms with Gasteiger partial charge in [0.2, 0.25) is 0 Å². The molecule has 1 heterocycles. The second kappa shape index (κ2) is 5.55. The highest BCUT2D eigenvalue weighted by Gasteiger charge is 2.42. The van der Waals surface area contributed by atoms with Crippen LogP contribution in [-0.4, -0.2) is 34.6 Å². The Bertz CT molecular complexity index is 505. The second-order valence-electron chi connectivity index (χ2n) is 6.33. The normalized spacial score (nSPS) is 24.1. The van der Waals surface area contributed by atoms with Crippen LogP contribution in [-0.2, 0) is 4.79 Å². The zero-order valence-corrected chi connectivity index (χ0v) is 13.4. The number of halogens is 2. The van der Waals surface area contributed by atoms with E-state index in [1.54, 1.807) is 6.07 Å². The van der Waals surface area contributed by atoms with Crippen LogP contribution >= 0.6 is 23.2 Å². The largest absolute Gasteiger partial charge is 0.481 e. The van der Waals surface area contributed by atoms with Gasteiger partial charge in [-0.05, 0) is 44.5 Å². The van der Waals surface area contributed by atoms with Crippen molar-refractivity contribution in [2.45, 2.75) is 32.2 Å². The van der Waals surface area contributed by atoms with Crippen LogP contribution in [0.25, 0.3) is 0 Å². The molecule has 0 aromatic heterocycles. The molecule has 110 valence electrons. The smallest absolute Gasteiger partial charge is 0.308 e. The predicted octanol–water partition coefficient (Wildman–Crippen LogP) is 3.89. The van der Waals surface area contributed by atoms with Gasteiger partial charge < -0.3 is 5.11 Å². The van der Waals surface area contributed by atoms with E-state index in [2.05, 4.69) is 25.7 Å². The molecule has 1 aromatic carbocycles. The molecule has 0 saturated carbocycles. The molecular weight excluding hydrogens is 297 g/mol. The highest BCUT2D eigenvalue weighted by Crippen LogP contribution is 2.38. The predicted molar refractivity (Wildman–Crippen MR) is 81.7 cm³/mol. The summed E-state index contributed by atoms with van der Waals surface area (Å²) in [5, 5.41) is 10.6. The molecule has 1 saturated heterocycles. The van der Waals surface area contributed by atoms with Crippen molar-refractivity contribution < 1.29 is 9.90 Å². The van der Waals surface area contributed by atoms with Gasteiger partial charge in [-0.2, -0.15) is 0 Å². The molecule has 0 spiro atoms. The minimum absolute atomic E-state index is 0.0508. The fourth-order valence-corrected chi connectivity index (χ4v) is 3.27. The molecule has 1 N–H and O–H groups in total. The Hall–Kier alpha value is -0.770. The second-order valence-corrected chi connectivity index (χ2v) is 7.20. The molecule has 0 aliphatic carbocycles. The molecule has 0 unspecified atom stereocenters. The summed E-state index contributed by atoms with van der Waals surface area (Å²) >= 11 is 12.1. The van der Waals surface area contributed by atoms with E-state index >= 15 is 0 Å². The number of benzene rings is 1. The summed E-state index contributed by atoms with van der Waals surface area (Å²) in [5.41, 5.74) is 0.854. The van der Waals surface area contributed by atoms with Gasteiger partial charge in [-0.3, -0.25) is 9.69 Å². The Kier molecular flexibility index (Phi) is 4.33. The maximum Gasteiger partial charge on any atom is 0.308 e. The molecule has 1 aliphatic heterocycles. The van der Waals surface area contributed by atoms with E-state index in [1.165, 1.54) is 0 Å². The van der Waals surface area contributed by atoms with E-state index in [9.17, 15) is 9.90 Å². The maximum atomic E-state index is 11.5. The maximum absolute atomic E-state index is 11.5. The van der Waals surface area contributed by atoms with Crippen molar-refractivity contribution in [3.05, 3.63) is 33.8 Å². The van der Waals surface area contributed by atoms with Gasteiger partial charge in [0.25, 0.3) is 0 Å². The van der Waals surface area contributed by atoms with E-state index in [0.717, 1.165) is 5.56 Å². The van der Waals surface area contributed by atoms with Crippen LogP contribution < -0.4 is 0 Å². The van der Waals surface area contributed by atoms with E-state index in [1.807, 2.05) is 12.1 Å². The molecule has 0 radical (unpaired) electrons. The zero-order chi connectivity index (χ0) is 15.1. The summed E-state index contributed by atoms with van der Waals surface area (Å²) < 4.78 is 0. The molecule has 2 atom stereocenters. The molecule has 20 heavy (non-hydrogen) atoms. The van der Waals surface area contributed by atoms with E-state index in [-0.39, 0.29) is 11.5 Å². The fourth-order valence-electron chi connectivity index (χ4n) is 2.73. The number of carbonyl (C=O) groups is 1. The van der Waals surface area contributed by atoms with Crippen molar-refractivity contribution in [3.8, 4) is 0 Å². The van der Waals surface area contributed by atoms with Gasteiger partial charge in [0.15, 0.2) is 0 Å². The highest BCUT2D eigenvalue weighted by molar-refractivity contribution is 6.34. The van der Waals surface area contributed by atoms with Gasteiger partial charge in [-0.25, -0.2) is 0 Å². The Morgan fingerprint density at radius 2 is 1.75 bits per heavy atom. The Labute approximate surface area is 129 Å². The van der Waals surface area contributed by atoms with Crippen LogP contribution in [0.2, 0.25) is 10.0 Å². The first-order valence-corrected chi connectivity index (χ1v) is 7.38. The van der Waals surface area contributed by atoms with Crippen LogP contribution in [0.15, 0.2) is 18.2 Å². The summed E-state index contributed by atoms with van der Waals surface area (Å²) in [5.74, 6) is -1.27. The topological polar surface area (TPSA) is 40.5 Å². The lowest BCUT2D eigenvalue weighted by molar-refractivity contribution is -0.141. The lowest BCUT2D eigenvalue weighted by atomic mass is 9.89. The highest BCUT2D eigenvalue weighted by atomic mass is 35.5. The summed E-state index contributed by atoms with van der Waals surface area (Å²) in [7, 11) is 0. The third kappa shape index (κ3) is 3.27. The molecule has 2 rings (SSSR count). The summed E-state index contributed by atoms with van der Waals surface area (Å²) in [6.45, 7) is 7.54. The van der Waals surface area contributed by atoms with Crippen molar-refractivity contribution in [2.24, 2.45) is 5.92 Å². The molecule has 3 nitrogen and oxygen atoms in total. The third-order valence-electron chi connectivity index (χ3n) is 3.90. The van der Waals surface area contributed by atoms with Crippen LogP contribution in [0.1, 0.15) is 32.3 Å². The van der Waals surface area contributed by atoms with E-state index in [4.69, 9.17) is 23.2 Å². The molecule has 1 aromatic rings. The lowest BCUT2D eigenvalue weighted by Crippen LogP contribution is -2.40. The van der Waals surface area contributed by atoms with E-state index in [0.29, 0.717) is 23.1 Å². The van der Waals surface area contributed by atoms with E-state index < -0.39 is 11.9 Å². The van der Waals surface area contributed by atoms with Gasteiger partial charge in [-0.1, -0.05) is 23.2 Å². The Balaban J connectivity index is 2.35. The molecule has 0 bridgehead atoms. The van der Waals surface area contributed by atoms with Crippen LogP contribution in [0.5, 0.6) is 0 Å². The number of carboxylic acid groups (broad SMARTS) is 1. The van der Waals surface area contributed by atoms with Crippen molar-refractivity contribution in [2.75, 3.05) is 13.1 Å². The van der Waals surface area contributed by atoms with Crippen molar-refractivity contribution in [3.63, 3.8) is 0 Å². The molecule has 1 fully saturated rings. The van der Waals surface area contributed by atoms with Crippen LogP contribution in [0.4, 0.5) is 0 Å². The molecular formula is C15H19Cl2NO2. The summed E-state index contributed by atoms with van der Waals surface area (Å²) in [6, 6.07) is 5.30. The average Bonchev–Trinajstić information content (AvgIpc) is 2.71. The van der Waals surface area contributed by atoms with Gasteiger partial charge in [0.05, 0.1) is 5.92 Å². The lowest BCUT2D eigenvalue weighted by Gasteiger charge is -2.31. The number of nitrogens with zero attached hydrogens (tertiary/aromatic N) is 1. The first-order chi connectivity index (χ1) is 9.18. The SMILES string of the molecule is CC(C)(C)N1C[C@@H](C(=O)O)[C@H](c2cc(Cl)cc(Cl)c2)C1. The number of carboxylic acids is 1. The number of hydrogen-bond acceptors (Lipinski definition) is 2. The molecule has 5 heteroatoms. The minimum atomic E-state index is -0.766. The summed E-state index contributed by atoms with van der Waals surface area (Å²) in [4.78, 5) is 13.7. The standard InChI is InChI=1S/C15H19Cl2NO2/c1-15(2,3)18-7-12(13(8-18)14(19)20)9-4-10(16)6-11(17)5-9/h4-6,12-13H,7-8H2,1-3H3,(H,19,20)/t12-,13+/m0/s1. The third-order valence-corrected chi connectivity index (χ3v) is 4.34. The van der Waals surface area contributed by atoms with Gasteiger partial charge in [0, 0.05) is 34.6 Å². The molecule has 1 aliphatic rings. The zero-order valence-electron chi connectivity index (χ0n) is 11.9. The van der Waals surface area contributed by atoms with Gasteiger partial charge >= 0.3 is 5.97 Å². The fraction of sp³-hybridized carbons (Fsp3) is 0.533. The number of likely N-dealkylation sites (tertiary alicyclic amines) is 1. The first kappa shape index (κ1) is 15.6. The number of aliphatic carboxylic acids is 1. The summed E-state index contributed by atoms with van der Waals surface area (Å²) in [6.07, 6.45) is 0. The van der Waals surface area contributed by atoms with Crippen molar-refractivity contribution in [1.29, 1.82) is 0 Å².